The molecule has 1 amide bonds. The molecule has 0 radical (unpaired) electrons. The number of hydrogen-bond donors (Lipinski definition) is 1. The summed E-state index contributed by atoms with van der Waals surface area (Å²) in [6.45, 7) is 4.26. The second kappa shape index (κ2) is 7.88. The molecule has 2 heterocycles. The lowest BCUT2D eigenvalue weighted by molar-refractivity contribution is -0.137. The number of halogens is 4. The number of benzene rings is 1. The summed E-state index contributed by atoms with van der Waals surface area (Å²) < 4.78 is 38.9. The number of aryl methyl sites for hydroxylation is 1. The quantitative estimate of drug-likeness (QED) is 0.868. The summed E-state index contributed by atoms with van der Waals surface area (Å²) in [4.78, 5) is 18.4. The van der Waals surface area contributed by atoms with E-state index >= 15 is 0 Å². The van der Waals surface area contributed by atoms with Crippen LogP contribution in [-0.2, 0) is 17.4 Å². The highest BCUT2D eigenvalue weighted by Gasteiger charge is 2.30. The fourth-order valence-electron chi connectivity index (χ4n) is 2.83. The molecule has 3 rings (SSSR count). The number of nitrogens with zero attached hydrogens (tertiary/aromatic N) is 2. The molecule has 0 unspecified atom stereocenters. The largest absolute Gasteiger partial charge is 0.416 e. The van der Waals surface area contributed by atoms with Gasteiger partial charge in [-0.25, -0.2) is 4.98 Å². The van der Waals surface area contributed by atoms with Gasteiger partial charge >= 0.3 is 6.18 Å². The Bertz CT molecular complexity index is 750. The number of rotatable bonds is 3. The molecule has 25 heavy (non-hydrogen) atoms. The van der Waals surface area contributed by atoms with E-state index in [1.165, 1.54) is 17.4 Å². The fraction of sp³-hybridized carbons (Fsp3) is 0.500. The van der Waals surface area contributed by atoms with Crippen LogP contribution in [0.1, 0.15) is 23.9 Å². The maximum absolute atomic E-state index is 12.7. The van der Waals surface area contributed by atoms with Crippen molar-refractivity contribution in [2.75, 3.05) is 19.6 Å². The number of piperazine rings is 1. The molecular weight excluding hydrogens is 375 g/mol. The molecule has 0 saturated carbocycles. The second-order valence-electron chi connectivity index (χ2n) is 5.93. The van der Waals surface area contributed by atoms with Crippen molar-refractivity contribution in [3.8, 4) is 0 Å². The van der Waals surface area contributed by atoms with Gasteiger partial charge in [-0.1, -0.05) is 0 Å². The molecule has 4 nitrogen and oxygen atoms in total. The average Bonchev–Trinajstić information content (AvgIpc) is 2.94. The Morgan fingerprint density at radius 1 is 1.44 bits per heavy atom. The van der Waals surface area contributed by atoms with Crippen LogP contribution >= 0.6 is 23.7 Å². The Balaban J connectivity index is 0.00000225. The highest BCUT2D eigenvalue weighted by atomic mass is 35.5. The van der Waals surface area contributed by atoms with E-state index in [-0.39, 0.29) is 24.4 Å². The Hall–Kier alpha value is -1.38. The van der Waals surface area contributed by atoms with Gasteiger partial charge in [-0.15, -0.1) is 23.7 Å². The molecule has 1 fully saturated rings. The van der Waals surface area contributed by atoms with Crippen molar-refractivity contribution >= 4 is 39.9 Å². The van der Waals surface area contributed by atoms with Crippen LogP contribution in [0.2, 0.25) is 0 Å². The van der Waals surface area contributed by atoms with Crippen molar-refractivity contribution in [2.45, 2.75) is 32.0 Å². The summed E-state index contributed by atoms with van der Waals surface area (Å²) in [5, 5.41) is 3.93. The predicted octanol–water partition coefficient (Wildman–Crippen LogP) is 3.49. The number of carbonyl (C=O) groups is 1. The first-order valence-electron chi connectivity index (χ1n) is 7.81. The van der Waals surface area contributed by atoms with E-state index in [1.807, 2.05) is 11.8 Å². The van der Waals surface area contributed by atoms with Crippen molar-refractivity contribution in [3.05, 3.63) is 28.8 Å². The number of carbonyl (C=O) groups excluding carboxylic acids is 1. The molecule has 1 N–H and O–H groups in total. The minimum absolute atomic E-state index is 0. The van der Waals surface area contributed by atoms with Crippen molar-refractivity contribution in [1.82, 2.24) is 15.2 Å². The molecule has 2 aromatic rings. The molecular formula is C16H19ClF3N3OS. The lowest BCUT2D eigenvalue weighted by Gasteiger charge is -2.34. The number of fused-ring (bicyclic) bond motifs is 1. The van der Waals surface area contributed by atoms with Gasteiger partial charge in [-0.3, -0.25) is 4.79 Å². The van der Waals surface area contributed by atoms with Crippen LogP contribution in [0.3, 0.4) is 0 Å². The van der Waals surface area contributed by atoms with Crippen molar-refractivity contribution < 1.29 is 18.0 Å². The van der Waals surface area contributed by atoms with Crippen molar-refractivity contribution in [3.63, 3.8) is 0 Å². The normalized spacial score (nSPS) is 18.2. The van der Waals surface area contributed by atoms with Gasteiger partial charge < -0.3 is 10.2 Å². The zero-order valence-corrected chi connectivity index (χ0v) is 15.2. The molecule has 1 aliphatic heterocycles. The molecule has 1 aromatic heterocycles. The first-order valence-corrected chi connectivity index (χ1v) is 8.63. The van der Waals surface area contributed by atoms with Crippen LogP contribution in [-0.4, -0.2) is 41.5 Å². The first-order chi connectivity index (χ1) is 11.3. The summed E-state index contributed by atoms with van der Waals surface area (Å²) in [5.74, 6) is 0.0687. The van der Waals surface area contributed by atoms with Crippen LogP contribution in [0.25, 0.3) is 10.2 Å². The summed E-state index contributed by atoms with van der Waals surface area (Å²) in [6.07, 6.45) is -3.58. The van der Waals surface area contributed by atoms with E-state index in [2.05, 4.69) is 10.3 Å². The summed E-state index contributed by atoms with van der Waals surface area (Å²) in [7, 11) is 0. The molecule has 9 heteroatoms. The van der Waals surface area contributed by atoms with Gasteiger partial charge in [0.25, 0.3) is 0 Å². The molecule has 1 aliphatic rings. The fourth-order valence-corrected chi connectivity index (χ4v) is 3.77. The van der Waals surface area contributed by atoms with Crippen LogP contribution < -0.4 is 5.32 Å². The van der Waals surface area contributed by atoms with Gasteiger partial charge in [0.15, 0.2) is 0 Å². The molecule has 0 spiro atoms. The van der Waals surface area contributed by atoms with E-state index in [1.54, 1.807) is 0 Å². The maximum Gasteiger partial charge on any atom is 0.416 e. The third-order valence-corrected chi connectivity index (χ3v) is 5.23. The van der Waals surface area contributed by atoms with Crippen molar-refractivity contribution in [2.24, 2.45) is 0 Å². The van der Waals surface area contributed by atoms with E-state index in [0.29, 0.717) is 34.6 Å². The summed E-state index contributed by atoms with van der Waals surface area (Å²) in [5.41, 5.74) is -0.356. The number of alkyl halides is 3. The third-order valence-electron chi connectivity index (χ3n) is 4.13. The molecule has 1 saturated heterocycles. The van der Waals surface area contributed by atoms with Crippen LogP contribution in [0.15, 0.2) is 18.2 Å². The first kappa shape index (κ1) is 19.9. The zero-order chi connectivity index (χ0) is 17.3. The maximum atomic E-state index is 12.7. The van der Waals surface area contributed by atoms with Crippen LogP contribution in [0.4, 0.5) is 13.2 Å². The average molecular weight is 394 g/mol. The van der Waals surface area contributed by atoms with Gasteiger partial charge in [0.2, 0.25) is 5.91 Å². The van der Waals surface area contributed by atoms with Gasteiger partial charge in [-0.2, -0.15) is 13.2 Å². The zero-order valence-electron chi connectivity index (χ0n) is 13.6. The second-order valence-corrected chi connectivity index (χ2v) is 7.04. The van der Waals surface area contributed by atoms with Gasteiger partial charge in [0.1, 0.15) is 0 Å². The lowest BCUT2D eigenvalue weighted by Crippen LogP contribution is -2.52. The lowest BCUT2D eigenvalue weighted by atomic mass is 10.2. The van der Waals surface area contributed by atoms with Crippen LogP contribution in [0.5, 0.6) is 0 Å². The molecule has 1 aromatic carbocycles. The topological polar surface area (TPSA) is 45.2 Å². The highest BCUT2D eigenvalue weighted by Crippen LogP contribution is 2.33. The van der Waals surface area contributed by atoms with Crippen molar-refractivity contribution in [1.29, 1.82) is 0 Å². The SMILES string of the molecule is C[C@@H]1CNCCN1C(=O)CCc1nc2cc(C(F)(F)F)ccc2s1.Cl. The van der Waals surface area contributed by atoms with E-state index < -0.39 is 11.7 Å². The number of thiazole rings is 1. The highest BCUT2D eigenvalue weighted by molar-refractivity contribution is 7.18. The van der Waals surface area contributed by atoms with Crippen LogP contribution in [0, 0.1) is 0 Å². The predicted molar refractivity (Wildman–Crippen MR) is 94.2 cm³/mol. The Morgan fingerprint density at radius 2 is 2.20 bits per heavy atom. The van der Waals surface area contributed by atoms with Gasteiger partial charge in [0.05, 0.1) is 20.8 Å². The minimum atomic E-state index is -4.37. The van der Waals surface area contributed by atoms with E-state index in [0.717, 1.165) is 25.2 Å². The summed E-state index contributed by atoms with van der Waals surface area (Å²) >= 11 is 1.34. The van der Waals surface area contributed by atoms with Gasteiger partial charge in [0, 0.05) is 38.5 Å². The number of hydrogen-bond acceptors (Lipinski definition) is 4. The Morgan fingerprint density at radius 3 is 2.88 bits per heavy atom. The number of aromatic nitrogens is 1. The number of nitrogens with one attached hydrogen (secondary N) is 1. The minimum Gasteiger partial charge on any atom is -0.337 e. The Labute approximate surface area is 153 Å². The Kier molecular flexibility index (Phi) is 6.29. The van der Waals surface area contributed by atoms with E-state index in [9.17, 15) is 18.0 Å². The standard InChI is InChI=1S/C16H18F3N3OS.ClH/c1-10-9-20-6-7-22(10)15(23)5-4-14-21-12-8-11(16(17,18)19)2-3-13(12)24-14;/h2-3,8,10,20H,4-7,9H2,1H3;1H/t10-;/m1./s1. The smallest absolute Gasteiger partial charge is 0.337 e. The summed E-state index contributed by atoms with van der Waals surface area (Å²) in [6, 6.07) is 3.74. The van der Waals surface area contributed by atoms with Gasteiger partial charge in [-0.05, 0) is 25.1 Å². The molecule has 0 aliphatic carbocycles. The van der Waals surface area contributed by atoms with E-state index in [4.69, 9.17) is 0 Å². The monoisotopic (exact) mass is 393 g/mol. The number of amides is 1. The molecule has 138 valence electrons. The molecule has 1 atom stereocenters. The molecule has 0 bridgehead atoms. The third kappa shape index (κ3) is 4.62.